The maximum absolute atomic E-state index is 4.19. The molecule has 1 nitrogen and oxygen atoms in total. The molecule has 1 aliphatic heterocycles. The van der Waals surface area contributed by atoms with Gasteiger partial charge in [0, 0.05) is 18.8 Å². The lowest BCUT2D eigenvalue weighted by Crippen LogP contribution is -2.35. The number of likely N-dealkylation sites (tertiary alicyclic amines) is 1. The van der Waals surface area contributed by atoms with Gasteiger partial charge in [0.05, 0.1) is 0 Å². The monoisotopic (exact) mass is 237 g/mol. The van der Waals surface area contributed by atoms with Crippen molar-refractivity contribution in [2.24, 2.45) is 5.92 Å². The summed E-state index contributed by atoms with van der Waals surface area (Å²) in [6.07, 6.45) is 12.5. The van der Waals surface area contributed by atoms with Gasteiger partial charge in [0.15, 0.2) is 0 Å². The molecule has 1 heterocycles. The zero-order chi connectivity index (χ0) is 12.7. The van der Waals surface area contributed by atoms with Crippen LogP contribution >= 0.6 is 0 Å². The third-order valence-electron chi connectivity index (χ3n) is 4.32. The largest absolute Gasteiger partial charge is 0.376 e. The van der Waals surface area contributed by atoms with E-state index in [1.807, 2.05) is 0 Å². The fourth-order valence-corrected chi connectivity index (χ4v) is 2.95. The number of unbranched alkanes of at least 4 members (excludes halogenated alkanes) is 5. The van der Waals surface area contributed by atoms with Crippen molar-refractivity contribution in [3.8, 4) is 0 Å². The Balaban J connectivity index is 2.09. The van der Waals surface area contributed by atoms with Gasteiger partial charge in [-0.1, -0.05) is 52.0 Å². The first-order chi connectivity index (χ1) is 8.15. The van der Waals surface area contributed by atoms with Gasteiger partial charge in [-0.05, 0) is 32.1 Å². The first-order valence-corrected chi connectivity index (χ1v) is 7.55. The topological polar surface area (TPSA) is 3.24 Å². The number of hydrogen-bond acceptors (Lipinski definition) is 1. The Morgan fingerprint density at radius 2 is 1.82 bits per heavy atom. The predicted molar refractivity (Wildman–Crippen MR) is 77.1 cm³/mol. The summed E-state index contributed by atoms with van der Waals surface area (Å²) >= 11 is 0. The Hall–Kier alpha value is -0.460. The van der Waals surface area contributed by atoms with Crippen LogP contribution in [0, 0.1) is 5.92 Å². The molecule has 0 amide bonds. The van der Waals surface area contributed by atoms with Crippen LogP contribution < -0.4 is 0 Å². The molecule has 17 heavy (non-hydrogen) atoms. The lowest BCUT2D eigenvalue weighted by Gasteiger charge is -2.38. The SMILES string of the molecule is C=C1CC(CCCCCCCC)CC(C)N1C. The average molecular weight is 237 g/mol. The van der Waals surface area contributed by atoms with Crippen molar-refractivity contribution in [2.45, 2.75) is 77.7 Å². The van der Waals surface area contributed by atoms with Crippen molar-refractivity contribution in [2.75, 3.05) is 7.05 Å². The molecule has 0 saturated carbocycles. The summed E-state index contributed by atoms with van der Waals surface area (Å²) < 4.78 is 0. The first kappa shape index (κ1) is 14.6. The standard InChI is InChI=1S/C16H31N/c1-5-6-7-8-9-10-11-16-12-14(2)17(4)15(3)13-16/h15-16H,2,5-13H2,1,3-4H3. The molecule has 2 atom stereocenters. The van der Waals surface area contributed by atoms with E-state index >= 15 is 0 Å². The molecule has 1 saturated heterocycles. The maximum Gasteiger partial charge on any atom is 0.0257 e. The quantitative estimate of drug-likeness (QED) is 0.564. The van der Waals surface area contributed by atoms with Gasteiger partial charge in [-0.3, -0.25) is 0 Å². The van der Waals surface area contributed by atoms with Gasteiger partial charge < -0.3 is 4.90 Å². The van der Waals surface area contributed by atoms with Gasteiger partial charge in [-0.15, -0.1) is 0 Å². The van der Waals surface area contributed by atoms with Crippen LogP contribution in [0.4, 0.5) is 0 Å². The van der Waals surface area contributed by atoms with Crippen LogP contribution in [0.1, 0.15) is 71.6 Å². The van der Waals surface area contributed by atoms with E-state index in [9.17, 15) is 0 Å². The van der Waals surface area contributed by atoms with Crippen LogP contribution in [-0.4, -0.2) is 18.0 Å². The highest BCUT2D eigenvalue weighted by Crippen LogP contribution is 2.31. The van der Waals surface area contributed by atoms with Crippen molar-refractivity contribution in [3.05, 3.63) is 12.3 Å². The molecule has 100 valence electrons. The fraction of sp³-hybridized carbons (Fsp3) is 0.875. The normalized spacial score (nSPS) is 25.4. The van der Waals surface area contributed by atoms with E-state index in [0.29, 0.717) is 6.04 Å². The minimum Gasteiger partial charge on any atom is -0.376 e. The molecule has 1 rings (SSSR count). The molecule has 0 radical (unpaired) electrons. The number of nitrogens with zero attached hydrogens (tertiary/aromatic N) is 1. The second kappa shape index (κ2) is 7.79. The Bertz CT molecular complexity index is 222. The van der Waals surface area contributed by atoms with Crippen LogP contribution in [0.5, 0.6) is 0 Å². The Morgan fingerprint density at radius 3 is 2.47 bits per heavy atom. The van der Waals surface area contributed by atoms with E-state index in [4.69, 9.17) is 0 Å². The summed E-state index contributed by atoms with van der Waals surface area (Å²) in [5.41, 5.74) is 1.35. The number of piperidine rings is 1. The smallest absolute Gasteiger partial charge is 0.0257 e. The van der Waals surface area contributed by atoms with Gasteiger partial charge in [0.2, 0.25) is 0 Å². The highest BCUT2D eigenvalue weighted by atomic mass is 15.1. The lowest BCUT2D eigenvalue weighted by atomic mass is 9.86. The highest BCUT2D eigenvalue weighted by Gasteiger charge is 2.24. The summed E-state index contributed by atoms with van der Waals surface area (Å²) in [7, 11) is 2.19. The summed E-state index contributed by atoms with van der Waals surface area (Å²) in [4.78, 5) is 2.36. The van der Waals surface area contributed by atoms with Crippen LogP contribution in [-0.2, 0) is 0 Å². The summed E-state index contributed by atoms with van der Waals surface area (Å²) in [5, 5.41) is 0. The van der Waals surface area contributed by atoms with Gasteiger partial charge in [-0.25, -0.2) is 0 Å². The van der Waals surface area contributed by atoms with Crippen molar-refractivity contribution in [1.29, 1.82) is 0 Å². The molecular formula is C16H31N. The average Bonchev–Trinajstić information content (AvgIpc) is 2.30. The molecule has 1 heteroatoms. The molecule has 2 unspecified atom stereocenters. The molecule has 0 N–H and O–H groups in total. The minimum absolute atomic E-state index is 0.696. The van der Waals surface area contributed by atoms with Crippen molar-refractivity contribution in [3.63, 3.8) is 0 Å². The van der Waals surface area contributed by atoms with Crippen LogP contribution in [0.2, 0.25) is 0 Å². The first-order valence-electron chi connectivity index (χ1n) is 7.55. The third kappa shape index (κ3) is 5.14. The molecule has 0 spiro atoms. The summed E-state index contributed by atoms with van der Waals surface area (Å²) in [6.45, 7) is 8.81. The van der Waals surface area contributed by atoms with Crippen LogP contribution in [0.25, 0.3) is 0 Å². The van der Waals surface area contributed by atoms with Gasteiger partial charge >= 0.3 is 0 Å². The van der Waals surface area contributed by atoms with Crippen molar-refractivity contribution < 1.29 is 0 Å². The Labute approximate surface area is 108 Å². The van der Waals surface area contributed by atoms with E-state index in [-0.39, 0.29) is 0 Å². The molecule has 0 aliphatic carbocycles. The third-order valence-corrected chi connectivity index (χ3v) is 4.32. The summed E-state index contributed by atoms with van der Waals surface area (Å²) in [5.74, 6) is 0.903. The van der Waals surface area contributed by atoms with Gasteiger partial charge in [0.1, 0.15) is 0 Å². The number of allylic oxidation sites excluding steroid dienone is 1. The van der Waals surface area contributed by atoms with Gasteiger partial charge in [-0.2, -0.15) is 0 Å². The second-order valence-electron chi connectivity index (χ2n) is 5.89. The fourth-order valence-electron chi connectivity index (χ4n) is 2.95. The van der Waals surface area contributed by atoms with Crippen LogP contribution in [0.15, 0.2) is 12.3 Å². The summed E-state index contributed by atoms with van der Waals surface area (Å²) in [6, 6.07) is 0.696. The van der Waals surface area contributed by atoms with E-state index in [1.165, 1.54) is 63.5 Å². The van der Waals surface area contributed by atoms with Crippen molar-refractivity contribution >= 4 is 0 Å². The highest BCUT2D eigenvalue weighted by molar-refractivity contribution is 5.00. The lowest BCUT2D eigenvalue weighted by molar-refractivity contribution is 0.197. The maximum atomic E-state index is 4.19. The Kier molecular flexibility index (Phi) is 6.69. The van der Waals surface area contributed by atoms with E-state index in [0.717, 1.165) is 5.92 Å². The Morgan fingerprint density at radius 1 is 1.18 bits per heavy atom. The zero-order valence-electron chi connectivity index (χ0n) is 12.2. The molecule has 0 bridgehead atoms. The molecule has 0 aromatic heterocycles. The molecular weight excluding hydrogens is 206 g/mol. The molecule has 0 aromatic carbocycles. The van der Waals surface area contributed by atoms with E-state index < -0.39 is 0 Å². The second-order valence-corrected chi connectivity index (χ2v) is 5.89. The van der Waals surface area contributed by atoms with E-state index in [1.54, 1.807) is 0 Å². The van der Waals surface area contributed by atoms with Crippen molar-refractivity contribution in [1.82, 2.24) is 4.90 Å². The van der Waals surface area contributed by atoms with E-state index in [2.05, 4.69) is 32.4 Å². The predicted octanol–water partition coefficient (Wildman–Crippen LogP) is 4.98. The minimum atomic E-state index is 0.696. The molecule has 1 fully saturated rings. The molecule has 1 aliphatic rings. The number of hydrogen-bond donors (Lipinski definition) is 0. The zero-order valence-corrected chi connectivity index (χ0v) is 12.2. The molecule has 0 aromatic rings. The van der Waals surface area contributed by atoms with Crippen LogP contribution in [0.3, 0.4) is 0 Å². The van der Waals surface area contributed by atoms with Gasteiger partial charge in [0.25, 0.3) is 0 Å². The number of rotatable bonds is 7.